The van der Waals surface area contributed by atoms with Gasteiger partial charge in [-0.05, 0) is 24.3 Å². The number of piperidine rings is 1. The number of benzene rings is 1. The van der Waals surface area contributed by atoms with Crippen LogP contribution in [0.5, 0.6) is 0 Å². The summed E-state index contributed by atoms with van der Waals surface area (Å²) in [6, 6.07) is 10.9. The highest BCUT2D eigenvalue weighted by molar-refractivity contribution is 5.73. The second-order valence-electron chi connectivity index (χ2n) is 6.23. The quantitative estimate of drug-likeness (QED) is 0.872. The number of likely N-dealkylation sites (tertiary alicyclic amines) is 1. The molecule has 1 amide bonds. The maximum atomic E-state index is 11.7. The predicted molar refractivity (Wildman–Crippen MR) is 87.0 cm³/mol. The van der Waals surface area contributed by atoms with Gasteiger partial charge in [-0.1, -0.05) is 50.1 Å². The largest absolute Gasteiger partial charge is 0.341 e. The lowest BCUT2D eigenvalue weighted by Gasteiger charge is -2.38. The number of hydrogen-bond acceptors (Lipinski definition) is 2. The van der Waals surface area contributed by atoms with Crippen LogP contribution in [0.1, 0.15) is 45.1 Å². The van der Waals surface area contributed by atoms with E-state index in [1.807, 2.05) is 11.0 Å². The Hall–Kier alpha value is -1.35. The molecule has 2 rings (SSSR count). The zero-order valence-electron chi connectivity index (χ0n) is 13.3. The van der Waals surface area contributed by atoms with Crippen molar-refractivity contribution < 1.29 is 4.79 Å². The summed E-state index contributed by atoms with van der Waals surface area (Å²) < 4.78 is 0. The van der Waals surface area contributed by atoms with Gasteiger partial charge in [0.2, 0.25) is 5.91 Å². The molecule has 0 aromatic heterocycles. The molecule has 0 spiro atoms. The van der Waals surface area contributed by atoms with E-state index in [1.54, 1.807) is 6.92 Å². The molecule has 21 heavy (non-hydrogen) atoms. The Morgan fingerprint density at radius 2 is 2.05 bits per heavy atom. The molecule has 116 valence electrons. The minimum atomic E-state index is 0.211. The number of carbonyl (C=O) groups is 1. The van der Waals surface area contributed by atoms with Crippen LogP contribution in [0.15, 0.2) is 30.3 Å². The molecule has 1 heterocycles. The minimum absolute atomic E-state index is 0.211. The second kappa shape index (κ2) is 8.18. The summed E-state index contributed by atoms with van der Waals surface area (Å²) in [6.07, 6.45) is 4.93. The van der Waals surface area contributed by atoms with E-state index >= 15 is 0 Å². The molecule has 2 unspecified atom stereocenters. The Bertz CT molecular complexity index is 432. The number of amides is 1. The molecule has 0 radical (unpaired) electrons. The Labute approximate surface area is 128 Å². The van der Waals surface area contributed by atoms with Crippen LogP contribution in [0.2, 0.25) is 0 Å². The standard InChI is InChI=1S/C18H28N2O/c1-3-4-8-17-11-18(14-20(13-17)15(2)21)19-12-16-9-6-5-7-10-16/h5-7,9-10,17-19H,3-4,8,11-14H2,1-2H3. The van der Waals surface area contributed by atoms with E-state index < -0.39 is 0 Å². The van der Waals surface area contributed by atoms with Gasteiger partial charge in [0.1, 0.15) is 0 Å². The van der Waals surface area contributed by atoms with Gasteiger partial charge in [-0.2, -0.15) is 0 Å². The fourth-order valence-corrected chi connectivity index (χ4v) is 3.17. The Balaban J connectivity index is 1.89. The highest BCUT2D eigenvalue weighted by Crippen LogP contribution is 2.22. The van der Waals surface area contributed by atoms with Crippen LogP contribution in [-0.2, 0) is 11.3 Å². The van der Waals surface area contributed by atoms with Gasteiger partial charge in [0.15, 0.2) is 0 Å². The third-order valence-electron chi connectivity index (χ3n) is 4.39. The van der Waals surface area contributed by atoms with E-state index in [-0.39, 0.29) is 5.91 Å². The van der Waals surface area contributed by atoms with Crippen LogP contribution >= 0.6 is 0 Å². The molecule has 1 N–H and O–H groups in total. The van der Waals surface area contributed by atoms with Crippen molar-refractivity contribution in [2.75, 3.05) is 13.1 Å². The first-order valence-electron chi connectivity index (χ1n) is 8.22. The second-order valence-corrected chi connectivity index (χ2v) is 6.23. The number of carbonyl (C=O) groups excluding carboxylic acids is 1. The average Bonchev–Trinajstić information content (AvgIpc) is 2.51. The van der Waals surface area contributed by atoms with Gasteiger partial charge in [-0.3, -0.25) is 4.79 Å². The normalized spacial score (nSPS) is 22.3. The molecule has 0 aliphatic carbocycles. The van der Waals surface area contributed by atoms with Gasteiger partial charge in [0.05, 0.1) is 0 Å². The van der Waals surface area contributed by atoms with Crippen molar-refractivity contribution in [1.29, 1.82) is 0 Å². The molecular weight excluding hydrogens is 260 g/mol. The maximum Gasteiger partial charge on any atom is 0.219 e. The van der Waals surface area contributed by atoms with Gasteiger partial charge in [0, 0.05) is 32.6 Å². The Morgan fingerprint density at radius 3 is 2.71 bits per heavy atom. The number of hydrogen-bond donors (Lipinski definition) is 1. The first kappa shape index (κ1) is 16.0. The van der Waals surface area contributed by atoms with Gasteiger partial charge in [-0.15, -0.1) is 0 Å². The summed E-state index contributed by atoms with van der Waals surface area (Å²) in [4.78, 5) is 13.8. The van der Waals surface area contributed by atoms with Gasteiger partial charge in [-0.25, -0.2) is 0 Å². The Kier molecular flexibility index (Phi) is 6.24. The van der Waals surface area contributed by atoms with Crippen molar-refractivity contribution in [3.05, 3.63) is 35.9 Å². The minimum Gasteiger partial charge on any atom is -0.341 e. The number of nitrogens with one attached hydrogen (secondary N) is 1. The van der Waals surface area contributed by atoms with Crippen molar-refractivity contribution >= 4 is 5.91 Å². The third kappa shape index (κ3) is 5.16. The summed E-state index contributed by atoms with van der Waals surface area (Å²) in [7, 11) is 0. The molecule has 1 saturated heterocycles. The average molecular weight is 288 g/mol. The molecule has 0 bridgehead atoms. The van der Waals surface area contributed by atoms with E-state index in [0.29, 0.717) is 12.0 Å². The van der Waals surface area contributed by atoms with Crippen molar-refractivity contribution in [2.24, 2.45) is 5.92 Å². The van der Waals surface area contributed by atoms with Crippen LogP contribution in [0.25, 0.3) is 0 Å². The first-order chi connectivity index (χ1) is 10.2. The van der Waals surface area contributed by atoms with Gasteiger partial charge < -0.3 is 10.2 Å². The topological polar surface area (TPSA) is 32.3 Å². The number of unbranched alkanes of at least 4 members (excludes halogenated alkanes) is 1. The van der Waals surface area contributed by atoms with Crippen LogP contribution in [0, 0.1) is 5.92 Å². The first-order valence-corrected chi connectivity index (χ1v) is 8.22. The molecule has 1 fully saturated rings. The highest BCUT2D eigenvalue weighted by atomic mass is 16.2. The number of nitrogens with zero attached hydrogens (tertiary/aromatic N) is 1. The summed E-state index contributed by atoms with van der Waals surface area (Å²) >= 11 is 0. The lowest BCUT2D eigenvalue weighted by atomic mass is 9.89. The fourth-order valence-electron chi connectivity index (χ4n) is 3.17. The summed E-state index contributed by atoms with van der Waals surface area (Å²) in [5.74, 6) is 0.860. The predicted octanol–water partition coefficient (Wildman–Crippen LogP) is 3.20. The van der Waals surface area contributed by atoms with E-state index in [2.05, 4.69) is 36.5 Å². The molecular formula is C18H28N2O. The van der Waals surface area contributed by atoms with Gasteiger partial charge >= 0.3 is 0 Å². The van der Waals surface area contributed by atoms with E-state index in [0.717, 1.165) is 19.6 Å². The summed E-state index contributed by atoms with van der Waals surface area (Å²) in [5, 5.41) is 3.64. The van der Waals surface area contributed by atoms with E-state index in [4.69, 9.17) is 0 Å². The SMILES string of the molecule is CCCCC1CC(NCc2ccccc2)CN(C(C)=O)C1. The molecule has 1 aliphatic rings. The molecule has 0 saturated carbocycles. The monoisotopic (exact) mass is 288 g/mol. The lowest BCUT2D eigenvalue weighted by Crippen LogP contribution is -2.50. The molecule has 2 atom stereocenters. The lowest BCUT2D eigenvalue weighted by molar-refractivity contribution is -0.131. The number of rotatable bonds is 6. The van der Waals surface area contributed by atoms with Crippen LogP contribution in [-0.4, -0.2) is 29.9 Å². The van der Waals surface area contributed by atoms with Gasteiger partial charge in [0.25, 0.3) is 0 Å². The van der Waals surface area contributed by atoms with E-state index in [1.165, 1.54) is 31.2 Å². The van der Waals surface area contributed by atoms with Crippen LogP contribution in [0.4, 0.5) is 0 Å². The molecule has 3 nitrogen and oxygen atoms in total. The van der Waals surface area contributed by atoms with Crippen LogP contribution < -0.4 is 5.32 Å². The van der Waals surface area contributed by atoms with Crippen molar-refractivity contribution in [1.82, 2.24) is 10.2 Å². The fraction of sp³-hybridized carbons (Fsp3) is 0.611. The van der Waals surface area contributed by atoms with Crippen molar-refractivity contribution in [3.8, 4) is 0 Å². The van der Waals surface area contributed by atoms with Crippen molar-refractivity contribution in [3.63, 3.8) is 0 Å². The zero-order valence-corrected chi connectivity index (χ0v) is 13.3. The van der Waals surface area contributed by atoms with E-state index in [9.17, 15) is 4.79 Å². The molecule has 1 aromatic carbocycles. The molecule has 3 heteroatoms. The van der Waals surface area contributed by atoms with Crippen molar-refractivity contribution in [2.45, 2.75) is 52.1 Å². The summed E-state index contributed by atoms with van der Waals surface area (Å²) in [5.41, 5.74) is 1.31. The molecule has 1 aliphatic heterocycles. The summed E-state index contributed by atoms with van der Waals surface area (Å²) in [6.45, 7) is 6.61. The molecule has 1 aromatic rings. The third-order valence-corrected chi connectivity index (χ3v) is 4.39. The van der Waals surface area contributed by atoms with Crippen LogP contribution in [0.3, 0.4) is 0 Å². The smallest absolute Gasteiger partial charge is 0.219 e. The zero-order chi connectivity index (χ0) is 15.1. The highest BCUT2D eigenvalue weighted by Gasteiger charge is 2.27. The Morgan fingerprint density at radius 1 is 1.29 bits per heavy atom. The maximum absolute atomic E-state index is 11.7.